The SMILES string of the molecule is C=C(NCCC)NC(N)=NCCC. The van der Waals surface area contributed by atoms with E-state index < -0.39 is 0 Å². The van der Waals surface area contributed by atoms with Gasteiger partial charge in [0.25, 0.3) is 0 Å². The fourth-order valence-corrected chi connectivity index (χ4v) is 0.746. The van der Waals surface area contributed by atoms with Crippen molar-refractivity contribution in [1.29, 1.82) is 0 Å². The predicted molar refractivity (Wildman–Crippen MR) is 57.3 cm³/mol. The van der Waals surface area contributed by atoms with Crippen molar-refractivity contribution >= 4 is 5.96 Å². The summed E-state index contributed by atoms with van der Waals surface area (Å²) in [6.07, 6.45) is 2.06. The van der Waals surface area contributed by atoms with Gasteiger partial charge in [0, 0.05) is 13.1 Å². The molecule has 0 amide bonds. The normalized spacial score (nSPS) is 11.1. The van der Waals surface area contributed by atoms with Crippen molar-refractivity contribution in [3.05, 3.63) is 12.4 Å². The maximum Gasteiger partial charge on any atom is 0.194 e. The van der Waals surface area contributed by atoms with Crippen molar-refractivity contribution in [2.45, 2.75) is 26.7 Å². The molecule has 0 heterocycles. The monoisotopic (exact) mass is 184 g/mol. The number of hydrogen-bond donors (Lipinski definition) is 3. The Morgan fingerprint density at radius 2 is 2.08 bits per heavy atom. The summed E-state index contributed by atoms with van der Waals surface area (Å²) in [6, 6.07) is 0. The van der Waals surface area contributed by atoms with Gasteiger partial charge in [-0.05, 0) is 12.8 Å². The smallest absolute Gasteiger partial charge is 0.194 e. The van der Waals surface area contributed by atoms with Crippen LogP contribution in [-0.4, -0.2) is 19.0 Å². The van der Waals surface area contributed by atoms with Gasteiger partial charge in [0.2, 0.25) is 0 Å². The van der Waals surface area contributed by atoms with Crippen LogP contribution in [0.1, 0.15) is 26.7 Å². The highest BCUT2D eigenvalue weighted by Crippen LogP contribution is 1.80. The van der Waals surface area contributed by atoms with Crippen LogP contribution < -0.4 is 16.4 Å². The highest BCUT2D eigenvalue weighted by molar-refractivity contribution is 5.79. The molecule has 0 atom stereocenters. The molecule has 4 nitrogen and oxygen atoms in total. The average Bonchev–Trinajstić information content (AvgIpc) is 2.11. The minimum absolute atomic E-state index is 0.426. The van der Waals surface area contributed by atoms with Crippen molar-refractivity contribution in [3.63, 3.8) is 0 Å². The average molecular weight is 184 g/mol. The lowest BCUT2D eigenvalue weighted by Gasteiger charge is -2.10. The van der Waals surface area contributed by atoms with Gasteiger partial charge in [-0.2, -0.15) is 0 Å². The van der Waals surface area contributed by atoms with E-state index in [9.17, 15) is 0 Å². The molecule has 0 aromatic carbocycles. The largest absolute Gasteiger partial charge is 0.372 e. The zero-order valence-electron chi connectivity index (χ0n) is 8.56. The van der Waals surface area contributed by atoms with E-state index in [1.165, 1.54) is 0 Å². The number of hydrogen-bond acceptors (Lipinski definition) is 2. The number of nitrogens with one attached hydrogen (secondary N) is 2. The molecule has 0 aliphatic heterocycles. The van der Waals surface area contributed by atoms with Crippen LogP contribution in [0.2, 0.25) is 0 Å². The van der Waals surface area contributed by atoms with Crippen LogP contribution in [0.3, 0.4) is 0 Å². The van der Waals surface area contributed by atoms with Crippen LogP contribution in [0.15, 0.2) is 17.4 Å². The van der Waals surface area contributed by atoms with Crippen LogP contribution in [0.25, 0.3) is 0 Å². The highest BCUT2D eigenvalue weighted by atomic mass is 15.2. The van der Waals surface area contributed by atoms with Gasteiger partial charge < -0.3 is 16.4 Å². The molecule has 0 bridgehead atoms. The molecule has 0 saturated heterocycles. The maximum atomic E-state index is 5.57. The van der Waals surface area contributed by atoms with Crippen molar-refractivity contribution < 1.29 is 0 Å². The molecule has 0 aromatic rings. The Hall–Kier alpha value is -1.19. The molecule has 0 spiro atoms. The fourth-order valence-electron chi connectivity index (χ4n) is 0.746. The van der Waals surface area contributed by atoms with E-state index >= 15 is 0 Å². The van der Waals surface area contributed by atoms with Gasteiger partial charge >= 0.3 is 0 Å². The second-order valence-corrected chi connectivity index (χ2v) is 2.80. The van der Waals surface area contributed by atoms with E-state index in [1.807, 2.05) is 0 Å². The maximum absolute atomic E-state index is 5.57. The molecule has 0 fully saturated rings. The molecule has 4 heteroatoms. The first-order valence-corrected chi connectivity index (χ1v) is 4.70. The summed E-state index contributed by atoms with van der Waals surface area (Å²) >= 11 is 0. The lowest BCUT2D eigenvalue weighted by Crippen LogP contribution is -2.36. The Morgan fingerprint density at radius 3 is 2.62 bits per heavy atom. The van der Waals surface area contributed by atoms with Gasteiger partial charge in [0.15, 0.2) is 5.96 Å². The quantitative estimate of drug-likeness (QED) is 0.422. The first-order valence-electron chi connectivity index (χ1n) is 4.70. The second-order valence-electron chi connectivity index (χ2n) is 2.80. The standard InChI is InChI=1S/C9H20N4/c1-4-6-11-8(3)13-9(10)12-7-5-2/h11H,3-7H2,1-2H3,(H3,10,12,13). The van der Waals surface area contributed by atoms with Gasteiger partial charge in [0.05, 0.1) is 5.82 Å². The molecule has 13 heavy (non-hydrogen) atoms. The Kier molecular flexibility index (Phi) is 6.78. The number of nitrogens with zero attached hydrogens (tertiary/aromatic N) is 1. The predicted octanol–water partition coefficient (Wildman–Crippen LogP) is 0.771. The Balaban J connectivity index is 3.64. The molecule has 0 unspecified atom stereocenters. The summed E-state index contributed by atoms with van der Waals surface area (Å²) in [5.41, 5.74) is 5.57. The van der Waals surface area contributed by atoms with Gasteiger partial charge in [-0.15, -0.1) is 0 Å². The Morgan fingerprint density at radius 1 is 1.38 bits per heavy atom. The second kappa shape index (κ2) is 7.46. The van der Waals surface area contributed by atoms with Crippen molar-refractivity contribution in [2.24, 2.45) is 10.7 Å². The van der Waals surface area contributed by atoms with Crippen molar-refractivity contribution in [1.82, 2.24) is 10.6 Å². The molecule has 0 aliphatic carbocycles. The molecule has 0 aliphatic rings. The molecular weight excluding hydrogens is 164 g/mol. The van der Waals surface area contributed by atoms with E-state index in [0.717, 1.165) is 25.9 Å². The van der Waals surface area contributed by atoms with Crippen molar-refractivity contribution in [2.75, 3.05) is 13.1 Å². The first kappa shape index (κ1) is 11.8. The molecule has 76 valence electrons. The van der Waals surface area contributed by atoms with Crippen LogP contribution in [0.5, 0.6) is 0 Å². The summed E-state index contributed by atoms with van der Waals surface area (Å²) < 4.78 is 0. The fraction of sp³-hybridized carbons (Fsp3) is 0.667. The third-order valence-electron chi connectivity index (χ3n) is 1.37. The lowest BCUT2D eigenvalue weighted by molar-refractivity contribution is 0.738. The van der Waals surface area contributed by atoms with E-state index in [1.54, 1.807) is 0 Å². The zero-order valence-corrected chi connectivity index (χ0v) is 8.56. The van der Waals surface area contributed by atoms with Gasteiger partial charge in [-0.25, -0.2) is 0 Å². The van der Waals surface area contributed by atoms with E-state index in [0.29, 0.717) is 11.8 Å². The summed E-state index contributed by atoms with van der Waals surface area (Å²) in [7, 11) is 0. The summed E-state index contributed by atoms with van der Waals surface area (Å²) in [5.74, 6) is 1.13. The molecule has 0 saturated carbocycles. The summed E-state index contributed by atoms with van der Waals surface area (Å²) in [5, 5.41) is 5.94. The third-order valence-corrected chi connectivity index (χ3v) is 1.37. The summed E-state index contributed by atoms with van der Waals surface area (Å²) in [4.78, 5) is 4.07. The zero-order chi connectivity index (χ0) is 10.1. The number of nitrogens with two attached hydrogens (primary N) is 1. The number of guanidine groups is 1. The molecule has 0 radical (unpaired) electrons. The Labute approximate surface area is 80.3 Å². The Bertz CT molecular complexity index is 174. The van der Waals surface area contributed by atoms with E-state index in [4.69, 9.17) is 5.73 Å². The van der Waals surface area contributed by atoms with E-state index in [2.05, 4.69) is 36.1 Å². The molecule has 0 aromatic heterocycles. The van der Waals surface area contributed by atoms with Gasteiger partial charge in [-0.3, -0.25) is 4.99 Å². The molecule has 4 N–H and O–H groups in total. The van der Waals surface area contributed by atoms with Gasteiger partial charge in [0.1, 0.15) is 0 Å². The molecule has 0 rings (SSSR count). The van der Waals surface area contributed by atoms with E-state index in [-0.39, 0.29) is 0 Å². The topological polar surface area (TPSA) is 62.4 Å². The number of aliphatic imine (C=N–C) groups is 1. The van der Waals surface area contributed by atoms with Crippen LogP contribution >= 0.6 is 0 Å². The minimum atomic E-state index is 0.426. The first-order chi connectivity index (χ1) is 6.20. The third kappa shape index (κ3) is 7.18. The van der Waals surface area contributed by atoms with Crippen LogP contribution in [-0.2, 0) is 0 Å². The van der Waals surface area contributed by atoms with Gasteiger partial charge in [-0.1, -0.05) is 20.4 Å². The van der Waals surface area contributed by atoms with Crippen LogP contribution in [0, 0.1) is 0 Å². The highest BCUT2D eigenvalue weighted by Gasteiger charge is 1.92. The molecular formula is C9H20N4. The summed E-state index contributed by atoms with van der Waals surface area (Å²) in [6.45, 7) is 9.55. The minimum Gasteiger partial charge on any atom is -0.372 e. The van der Waals surface area contributed by atoms with Crippen LogP contribution in [0.4, 0.5) is 0 Å². The number of rotatable bonds is 6. The lowest BCUT2D eigenvalue weighted by atomic mass is 10.5. The van der Waals surface area contributed by atoms with Crippen molar-refractivity contribution in [3.8, 4) is 0 Å².